The minimum Gasteiger partial charge on any atom is -0.462 e. The van der Waals surface area contributed by atoms with Gasteiger partial charge in [0.2, 0.25) is 0 Å². The predicted molar refractivity (Wildman–Crippen MR) is 130 cm³/mol. The largest absolute Gasteiger partial charge is 0.462 e. The number of nitro groups is 1. The second kappa shape index (κ2) is 10.4. The zero-order valence-electron chi connectivity index (χ0n) is 18.8. The lowest BCUT2D eigenvalue weighted by atomic mass is 9.95. The molecular formula is C25H21N3O6S. The number of hydrogen-bond acceptors (Lipinski definition) is 8. The predicted octanol–water partition coefficient (Wildman–Crippen LogP) is 5.52. The van der Waals surface area contributed by atoms with E-state index in [0.717, 1.165) is 36.1 Å². The molecule has 0 saturated heterocycles. The van der Waals surface area contributed by atoms with Crippen LogP contribution in [0.1, 0.15) is 46.3 Å². The van der Waals surface area contributed by atoms with Gasteiger partial charge in [-0.15, -0.1) is 11.3 Å². The van der Waals surface area contributed by atoms with Crippen molar-refractivity contribution in [1.82, 2.24) is 0 Å². The molecule has 2 aromatic heterocycles. The normalized spacial score (nSPS) is 13.0. The zero-order valence-corrected chi connectivity index (χ0v) is 19.6. The number of esters is 1. The average Bonchev–Trinajstić information content (AvgIpc) is 3.47. The molecule has 10 heteroatoms. The molecule has 0 unspecified atom stereocenters. The van der Waals surface area contributed by atoms with Gasteiger partial charge in [-0.1, -0.05) is 12.1 Å². The number of benzene rings is 1. The second-order valence-corrected chi connectivity index (χ2v) is 8.87. The Morgan fingerprint density at radius 3 is 2.83 bits per heavy atom. The molecule has 0 spiro atoms. The Balaban J connectivity index is 1.59. The number of amides is 1. The number of thiophene rings is 1. The SMILES string of the molecule is CCOC(=O)c1c(NC(=O)C(C#N)=Cc2ccc(-c3cccc([N+](=O)[O-])c3)o2)sc2c1CCCC2. The van der Waals surface area contributed by atoms with Gasteiger partial charge in [0.1, 0.15) is 28.2 Å². The highest BCUT2D eigenvalue weighted by atomic mass is 32.1. The molecule has 0 saturated carbocycles. The topological polar surface area (TPSA) is 135 Å². The number of aryl methyl sites for hydroxylation is 1. The van der Waals surface area contributed by atoms with Crippen LogP contribution in [-0.4, -0.2) is 23.4 Å². The first kappa shape index (κ1) is 23.9. The average molecular weight is 492 g/mol. The Hall–Kier alpha value is -4.23. The highest BCUT2D eigenvalue weighted by Gasteiger charge is 2.28. The molecule has 1 N–H and O–H groups in total. The molecule has 1 aromatic carbocycles. The van der Waals surface area contributed by atoms with E-state index in [1.807, 2.05) is 6.07 Å². The summed E-state index contributed by atoms with van der Waals surface area (Å²) in [6.07, 6.45) is 4.82. The van der Waals surface area contributed by atoms with E-state index >= 15 is 0 Å². The third-order valence-electron chi connectivity index (χ3n) is 5.50. The van der Waals surface area contributed by atoms with E-state index in [0.29, 0.717) is 21.9 Å². The number of ether oxygens (including phenoxy) is 1. The molecule has 0 aliphatic heterocycles. The number of nitrogens with zero attached hydrogens (tertiary/aromatic N) is 2. The molecule has 2 heterocycles. The smallest absolute Gasteiger partial charge is 0.341 e. The van der Waals surface area contributed by atoms with E-state index in [4.69, 9.17) is 9.15 Å². The van der Waals surface area contributed by atoms with Gasteiger partial charge in [0, 0.05) is 28.6 Å². The van der Waals surface area contributed by atoms with Gasteiger partial charge in [-0.3, -0.25) is 14.9 Å². The van der Waals surface area contributed by atoms with E-state index in [9.17, 15) is 25.0 Å². The number of rotatable bonds is 7. The summed E-state index contributed by atoms with van der Waals surface area (Å²) in [5.41, 5.74) is 1.47. The standard InChI is InChI=1S/C25H21N3O6S/c1-2-33-25(30)22-19-8-3-4-9-21(19)35-24(22)27-23(29)16(14-26)13-18-10-11-20(34-18)15-6-5-7-17(12-15)28(31)32/h5-7,10-13H,2-4,8-9H2,1H3,(H,27,29). The number of nitrogens with one attached hydrogen (secondary N) is 1. The lowest BCUT2D eigenvalue weighted by Crippen LogP contribution is -2.16. The summed E-state index contributed by atoms with van der Waals surface area (Å²) in [7, 11) is 0. The third kappa shape index (κ3) is 5.15. The summed E-state index contributed by atoms with van der Waals surface area (Å²) in [5.74, 6) is -0.579. The fraction of sp³-hybridized carbons (Fsp3) is 0.240. The van der Waals surface area contributed by atoms with Crippen LogP contribution < -0.4 is 5.32 Å². The first-order valence-corrected chi connectivity index (χ1v) is 11.8. The molecule has 9 nitrogen and oxygen atoms in total. The lowest BCUT2D eigenvalue weighted by molar-refractivity contribution is -0.384. The van der Waals surface area contributed by atoms with Gasteiger partial charge in [0.15, 0.2) is 0 Å². The number of fused-ring (bicyclic) bond motifs is 1. The fourth-order valence-electron chi connectivity index (χ4n) is 3.89. The number of hydrogen-bond donors (Lipinski definition) is 1. The summed E-state index contributed by atoms with van der Waals surface area (Å²) in [6, 6.07) is 11.0. The first-order chi connectivity index (χ1) is 16.9. The Morgan fingerprint density at radius 1 is 1.29 bits per heavy atom. The number of nitro benzene ring substituents is 1. The monoisotopic (exact) mass is 491 g/mol. The molecule has 4 rings (SSSR count). The highest BCUT2D eigenvalue weighted by Crippen LogP contribution is 2.39. The summed E-state index contributed by atoms with van der Waals surface area (Å²) < 4.78 is 10.9. The van der Waals surface area contributed by atoms with Crippen molar-refractivity contribution >= 4 is 40.0 Å². The van der Waals surface area contributed by atoms with Crippen molar-refractivity contribution in [3.63, 3.8) is 0 Å². The fourth-order valence-corrected chi connectivity index (χ4v) is 5.17. The van der Waals surface area contributed by atoms with Crippen LogP contribution in [0.4, 0.5) is 10.7 Å². The summed E-state index contributed by atoms with van der Waals surface area (Å²) in [6.45, 7) is 1.93. The zero-order chi connectivity index (χ0) is 24.9. The lowest BCUT2D eigenvalue weighted by Gasteiger charge is -2.12. The first-order valence-electron chi connectivity index (χ1n) is 11.0. The third-order valence-corrected chi connectivity index (χ3v) is 6.71. The maximum absolute atomic E-state index is 12.9. The van der Waals surface area contributed by atoms with Crippen molar-refractivity contribution in [1.29, 1.82) is 5.26 Å². The van der Waals surface area contributed by atoms with Crippen LogP contribution in [0, 0.1) is 21.4 Å². The van der Waals surface area contributed by atoms with Gasteiger partial charge in [-0.25, -0.2) is 4.79 Å². The van der Waals surface area contributed by atoms with E-state index in [1.54, 1.807) is 31.2 Å². The number of carbonyl (C=O) groups excluding carboxylic acids is 2. The Kier molecular flexibility index (Phi) is 7.08. The van der Waals surface area contributed by atoms with Gasteiger partial charge < -0.3 is 14.5 Å². The molecule has 178 valence electrons. The van der Waals surface area contributed by atoms with Crippen LogP contribution in [0.2, 0.25) is 0 Å². The number of furan rings is 1. The Bertz CT molecular complexity index is 1380. The molecular weight excluding hydrogens is 470 g/mol. The van der Waals surface area contributed by atoms with Crippen LogP contribution in [0.5, 0.6) is 0 Å². The van der Waals surface area contributed by atoms with Gasteiger partial charge in [0.05, 0.1) is 17.1 Å². The quantitative estimate of drug-likeness (QED) is 0.151. The number of carbonyl (C=O) groups is 2. The second-order valence-electron chi connectivity index (χ2n) is 7.77. The van der Waals surface area contributed by atoms with Crippen LogP contribution >= 0.6 is 11.3 Å². The van der Waals surface area contributed by atoms with Crippen molar-refractivity contribution in [3.05, 3.63) is 73.8 Å². The van der Waals surface area contributed by atoms with Crippen molar-refractivity contribution < 1.29 is 23.7 Å². The van der Waals surface area contributed by atoms with Gasteiger partial charge >= 0.3 is 5.97 Å². The van der Waals surface area contributed by atoms with E-state index in [2.05, 4.69) is 5.32 Å². The van der Waals surface area contributed by atoms with Crippen LogP contribution in [0.3, 0.4) is 0 Å². The van der Waals surface area contributed by atoms with E-state index < -0.39 is 16.8 Å². The van der Waals surface area contributed by atoms with E-state index in [-0.39, 0.29) is 23.6 Å². The summed E-state index contributed by atoms with van der Waals surface area (Å²) >= 11 is 1.34. The Labute approximate surface area is 204 Å². The van der Waals surface area contributed by atoms with Gasteiger partial charge in [0.25, 0.3) is 11.6 Å². The molecule has 35 heavy (non-hydrogen) atoms. The van der Waals surface area contributed by atoms with Crippen molar-refractivity contribution in [2.45, 2.75) is 32.6 Å². The molecule has 1 amide bonds. The maximum Gasteiger partial charge on any atom is 0.341 e. The van der Waals surface area contributed by atoms with Gasteiger partial charge in [-0.2, -0.15) is 5.26 Å². The molecule has 1 aliphatic carbocycles. The van der Waals surface area contributed by atoms with Crippen LogP contribution in [-0.2, 0) is 22.4 Å². The van der Waals surface area contributed by atoms with Crippen LogP contribution in [0.15, 0.2) is 46.4 Å². The summed E-state index contributed by atoms with van der Waals surface area (Å²) in [5, 5.41) is 23.7. The maximum atomic E-state index is 12.9. The molecule has 0 fully saturated rings. The highest BCUT2D eigenvalue weighted by molar-refractivity contribution is 7.17. The van der Waals surface area contributed by atoms with Crippen molar-refractivity contribution in [2.75, 3.05) is 11.9 Å². The molecule has 1 aliphatic rings. The minimum atomic E-state index is -0.676. The number of nitriles is 1. The molecule has 0 bridgehead atoms. The number of anilines is 1. The molecule has 0 radical (unpaired) electrons. The minimum absolute atomic E-state index is 0.0795. The summed E-state index contributed by atoms with van der Waals surface area (Å²) in [4.78, 5) is 37.1. The van der Waals surface area contributed by atoms with E-state index in [1.165, 1.54) is 29.5 Å². The van der Waals surface area contributed by atoms with Crippen LogP contribution in [0.25, 0.3) is 17.4 Å². The van der Waals surface area contributed by atoms with Crippen molar-refractivity contribution in [2.24, 2.45) is 0 Å². The molecule has 3 aromatic rings. The molecule has 0 atom stereocenters. The Morgan fingerprint density at radius 2 is 2.09 bits per heavy atom. The van der Waals surface area contributed by atoms with Crippen molar-refractivity contribution in [3.8, 4) is 17.4 Å². The van der Waals surface area contributed by atoms with Gasteiger partial charge in [-0.05, 0) is 50.3 Å². The number of non-ortho nitro benzene ring substituents is 1.